The lowest BCUT2D eigenvalue weighted by Gasteiger charge is -2.05. The predicted molar refractivity (Wildman–Crippen MR) is 92.6 cm³/mol. The molecule has 0 fully saturated rings. The summed E-state index contributed by atoms with van der Waals surface area (Å²) in [5, 5.41) is 3.38. The van der Waals surface area contributed by atoms with Crippen molar-refractivity contribution in [2.24, 2.45) is 0 Å². The topological polar surface area (TPSA) is 12.0 Å². The fraction of sp³-hybridized carbons (Fsp3) is 0.400. The molecule has 0 unspecified atom stereocenters. The SMILES string of the molecule is CCNCCCCCCc1ccc(-c2ccccc2)cc1. The largest absolute Gasteiger partial charge is 0.317 e. The Morgan fingerprint density at radius 2 is 1.38 bits per heavy atom. The van der Waals surface area contributed by atoms with Crippen LogP contribution in [0.5, 0.6) is 0 Å². The molecule has 21 heavy (non-hydrogen) atoms. The van der Waals surface area contributed by atoms with Crippen molar-refractivity contribution in [2.45, 2.75) is 39.0 Å². The fourth-order valence-corrected chi connectivity index (χ4v) is 2.60. The zero-order chi connectivity index (χ0) is 14.8. The van der Waals surface area contributed by atoms with E-state index in [1.165, 1.54) is 55.3 Å². The van der Waals surface area contributed by atoms with Crippen molar-refractivity contribution in [3.05, 3.63) is 60.2 Å². The molecule has 0 saturated heterocycles. The summed E-state index contributed by atoms with van der Waals surface area (Å²) in [5.74, 6) is 0. The van der Waals surface area contributed by atoms with Crippen LogP contribution >= 0.6 is 0 Å². The van der Waals surface area contributed by atoms with Crippen molar-refractivity contribution in [1.82, 2.24) is 5.32 Å². The van der Waals surface area contributed by atoms with E-state index in [1.54, 1.807) is 0 Å². The lowest BCUT2D eigenvalue weighted by Crippen LogP contribution is -2.13. The van der Waals surface area contributed by atoms with Crippen LogP contribution in [0.3, 0.4) is 0 Å². The number of hydrogen-bond acceptors (Lipinski definition) is 1. The van der Waals surface area contributed by atoms with Gasteiger partial charge >= 0.3 is 0 Å². The number of unbranched alkanes of at least 4 members (excludes halogenated alkanes) is 3. The van der Waals surface area contributed by atoms with Gasteiger partial charge in [0.1, 0.15) is 0 Å². The Balaban J connectivity index is 1.71. The summed E-state index contributed by atoms with van der Waals surface area (Å²) in [4.78, 5) is 0. The molecule has 2 rings (SSSR count). The molecule has 0 radical (unpaired) electrons. The van der Waals surface area contributed by atoms with Gasteiger partial charge in [-0.3, -0.25) is 0 Å². The van der Waals surface area contributed by atoms with Crippen molar-refractivity contribution in [1.29, 1.82) is 0 Å². The van der Waals surface area contributed by atoms with Gasteiger partial charge < -0.3 is 5.32 Å². The smallest absolute Gasteiger partial charge is 0.00490 e. The van der Waals surface area contributed by atoms with Crippen molar-refractivity contribution in [3.63, 3.8) is 0 Å². The van der Waals surface area contributed by atoms with E-state index in [2.05, 4.69) is 66.8 Å². The molecule has 0 aliphatic carbocycles. The molecule has 0 aliphatic rings. The summed E-state index contributed by atoms with van der Waals surface area (Å²) >= 11 is 0. The minimum Gasteiger partial charge on any atom is -0.317 e. The number of nitrogens with one attached hydrogen (secondary N) is 1. The van der Waals surface area contributed by atoms with Crippen LogP contribution < -0.4 is 5.32 Å². The van der Waals surface area contributed by atoms with Gasteiger partial charge in [-0.05, 0) is 49.0 Å². The Labute approximate surface area is 129 Å². The monoisotopic (exact) mass is 281 g/mol. The van der Waals surface area contributed by atoms with Gasteiger partial charge in [-0.25, -0.2) is 0 Å². The summed E-state index contributed by atoms with van der Waals surface area (Å²) in [6, 6.07) is 19.6. The van der Waals surface area contributed by atoms with E-state index in [0.29, 0.717) is 0 Å². The number of hydrogen-bond donors (Lipinski definition) is 1. The van der Waals surface area contributed by atoms with Crippen LogP contribution in [0.15, 0.2) is 54.6 Å². The summed E-state index contributed by atoms with van der Waals surface area (Å²) in [5.41, 5.74) is 4.07. The molecule has 0 aromatic heterocycles. The second-order valence-electron chi connectivity index (χ2n) is 5.58. The number of benzene rings is 2. The standard InChI is InChI=1S/C20H27N/c1-2-21-17-9-4-3-6-10-18-13-15-20(16-14-18)19-11-7-5-8-12-19/h5,7-8,11-16,21H,2-4,6,9-10,17H2,1H3. The zero-order valence-electron chi connectivity index (χ0n) is 13.1. The predicted octanol–water partition coefficient (Wildman–Crippen LogP) is 5.07. The minimum atomic E-state index is 1.09. The first-order valence-corrected chi connectivity index (χ1v) is 8.25. The normalized spacial score (nSPS) is 10.7. The first-order valence-electron chi connectivity index (χ1n) is 8.25. The van der Waals surface area contributed by atoms with Crippen LogP contribution in [0.25, 0.3) is 11.1 Å². The summed E-state index contributed by atoms with van der Waals surface area (Å²) in [6.07, 6.45) is 6.49. The molecule has 1 N–H and O–H groups in total. The lowest BCUT2D eigenvalue weighted by atomic mass is 10.0. The summed E-state index contributed by atoms with van der Waals surface area (Å²) < 4.78 is 0. The van der Waals surface area contributed by atoms with Gasteiger partial charge in [0.15, 0.2) is 0 Å². The van der Waals surface area contributed by atoms with Crippen molar-refractivity contribution in [2.75, 3.05) is 13.1 Å². The van der Waals surface area contributed by atoms with Gasteiger partial charge in [-0.15, -0.1) is 0 Å². The Bertz CT molecular complexity index is 487. The highest BCUT2D eigenvalue weighted by Gasteiger charge is 1.98. The van der Waals surface area contributed by atoms with E-state index in [-0.39, 0.29) is 0 Å². The molecule has 112 valence electrons. The molecule has 0 spiro atoms. The average Bonchev–Trinajstić information content (AvgIpc) is 2.55. The fourth-order valence-electron chi connectivity index (χ4n) is 2.60. The second-order valence-corrected chi connectivity index (χ2v) is 5.58. The Morgan fingerprint density at radius 3 is 2.10 bits per heavy atom. The first kappa shape index (κ1) is 15.8. The minimum absolute atomic E-state index is 1.09. The summed E-state index contributed by atoms with van der Waals surface area (Å²) in [6.45, 7) is 4.43. The molecule has 0 heterocycles. The van der Waals surface area contributed by atoms with Gasteiger partial charge in [0.2, 0.25) is 0 Å². The Kier molecular flexibility index (Phi) is 7.03. The van der Waals surface area contributed by atoms with Gasteiger partial charge in [0, 0.05) is 0 Å². The second kappa shape index (κ2) is 9.36. The van der Waals surface area contributed by atoms with Crippen LogP contribution in [-0.2, 0) is 6.42 Å². The quantitative estimate of drug-likeness (QED) is 0.633. The van der Waals surface area contributed by atoms with Gasteiger partial charge in [0.25, 0.3) is 0 Å². The third-order valence-corrected chi connectivity index (χ3v) is 3.88. The first-order chi connectivity index (χ1) is 10.4. The average molecular weight is 281 g/mol. The number of rotatable bonds is 9. The highest BCUT2D eigenvalue weighted by Crippen LogP contribution is 2.20. The molecule has 0 saturated carbocycles. The molecule has 0 atom stereocenters. The van der Waals surface area contributed by atoms with E-state index in [0.717, 1.165) is 6.54 Å². The maximum absolute atomic E-state index is 3.38. The highest BCUT2D eigenvalue weighted by molar-refractivity contribution is 5.63. The van der Waals surface area contributed by atoms with Crippen molar-refractivity contribution in [3.8, 4) is 11.1 Å². The van der Waals surface area contributed by atoms with E-state index in [9.17, 15) is 0 Å². The van der Waals surface area contributed by atoms with Gasteiger partial charge in [-0.1, -0.05) is 74.4 Å². The van der Waals surface area contributed by atoms with E-state index < -0.39 is 0 Å². The van der Waals surface area contributed by atoms with Gasteiger partial charge in [0.05, 0.1) is 0 Å². The van der Waals surface area contributed by atoms with Crippen molar-refractivity contribution >= 4 is 0 Å². The molecule has 1 nitrogen and oxygen atoms in total. The molecular weight excluding hydrogens is 254 g/mol. The van der Waals surface area contributed by atoms with Crippen LogP contribution in [0, 0.1) is 0 Å². The van der Waals surface area contributed by atoms with Gasteiger partial charge in [-0.2, -0.15) is 0 Å². The Morgan fingerprint density at radius 1 is 0.714 bits per heavy atom. The molecular formula is C20H27N. The Hall–Kier alpha value is -1.60. The molecule has 2 aromatic carbocycles. The molecule has 0 amide bonds. The van der Waals surface area contributed by atoms with E-state index in [1.807, 2.05) is 0 Å². The van der Waals surface area contributed by atoms with Crippen LogP contribution in [-0.4, -0.2) is 13.1 Å². The van der Waals surface area contributed by atoms with Crippen LogP contribution in [0.4, 0.5) is 0 Å². The maximum atomic E-state index is 3.38. The zero-order valence-corrected chi connectivity index (χ0v) is 13.1. The molecule has 0 bridgehead atoms. The highest BCUT2D eigenvalue weighted by atomic mass is 14.8. The third kappa shape index (κ3) is 5.73. The van der Waals surface area contributed by atoms with E-state index >= 15 is 0 Å². The maximum Gasteiger partial charge on any atom is -0.00490 e. The van der Waals surface area contributed by atoms with Crippen molar-refractivity contribution < 1.29 is 0 Å². The molecule has 1 heteroatoms. The molecule has 0 aliphatic heterocycles. The molecule has 2 aromatic rings. The lowest BCUT2D eigenvalue weighted by molar-refractivity contribution is 0.598. The van der Waals surface area contributed by atoms with E-state index in [4.69, 9.17) is 0 Å². The third-order valence-electron chi connectivity index (χ3n) is 3.88. The summed E-state index contributed by atoms with van der Waals surface area (Å²) in [7, 11) is 0. The van der Waals surface area contributed by atoms with Crippen LogP contribution in [0.2, 0.25) is 0 Å². The van der Waals surface area contributed by atoms with Crippen LogP contribution in [0.1, 0.15) is 38.2 Å². The number of aryl methyl sites for hydroxylation is 1.